The summed E-state index contributed by atoms with van der Waals surface area (Å²) in [6.07, 6.45) is 1.48. The van der Waals surface area contributed by atoms with Crippen LogP contribution in [-0.4, -0.2) is 27.3 Å². The van der Waals surface area contributed by atoms with E-state index in [0.29, 0.717) is 41.9 Å². The Kier molecular flexibility index (Phi) is 7.13. The summed E-state index contributed by atoms with van der Waals surface area (Å²) in [6, 6.07) is 21.2. The van der Waals surface area contributed by atoms with Crippen LogP contribution in [-0.2, 0) is 11.4 Å². The topological polar surface area (TPSA) is 90.3 Å². The number of para-hydroxylation sites is 1. The van der Waals surface area contributed by atoms with E-state index in [-0.39, 0.29) is 5.91 Å². The highest BCUT2D eigenvalue weighted by Crippen LogP contribution is 2.39. The summed E-state index contributed by atoms with van der Waals surface area (Å²) in [5, 5.41) is 10.7. The molecule has 0 saturated heterocycles. The second-order valence-electron chi connectivity index (χ2n) is 9.28. The fourth-order valence-electron chi connectivity index (χ4n) is 4.64. The lowest BCUT2D eigenvalue weighted by Gasteiger charge is -2.29. The van der Waals surface area contributed by atoms with Gasteiger partial charge in [-0.3, -0.25) is 4.79 Å². The van der Waals surface area contributed by atoms with Crippen molar-refractivity contribution in [2.75, 3.05) is 17.2 Å². The van der Waals surface area contributed by atoms with E-state index in [1.807, 2.05) is 75.4 Å². The third kappa shape index (κ3) is 5.11. The van der Waals surface area contributed by atoms with Gasteiger partial charge in [-0.1, -0.05) is 54.1 Å². The number of anilines is 2. The van der Waals surface area contributed by atoms with Gasteiger partial charge >= 0.3 is 0 Å². The van der Waals surface area contributed by atoms with Crippen LogP contribution in [0.4, 0.5) is 11.6 Å². The van der Waals surface area contributed by atoms with Crippen molar-refractivity contribution in [3.05, 3.63) is 107 Å². The van der Waals surface area contributed by atoms with E-state index < -0.39 is 6.04 Å². The first-order chi connectivity index (χ1) is 18.4. The number of fused-ring (bicyclic) bond motifs is 1. The summed E-state index contributed by atoms with van der Waals surface area (Å²) in [5.74, 6) is 1.59. The molecule has 1 aliphatic heterocycles. The summed E-state index contributed by atoms with van der Waals surface area (Å²) >= 11 is 0. The van der Waals surface area contributed by atoms with Crippen LogP contribution >= 0.6 is 0 Å². The number of nitrogens with one attached hydrogen (secondary N) is 2. The summed E-state index contributed by atoms with van der Waals surface area (Å²) in [4.78, 5) is 18.0. The van der Waals surface area contributed by atoms with Gasteiger partial charge in [0.2, 0.25) is 5.95 Å². The molecule has 3 aromatic carbocycles. The molecule has 5 rings (SSSR count). The van der Waals surface area contributed by atoms with Crippen LogP contribution in [0.3, 0.4) is 0 Å². The lowest BCUT2D eigenvalue weighted by Crippen LogP contribution is -2.31. The minimum Gasteiger partial charge on any atom is -0.490 e. The highest BCUT2D eigenvalue weighted by atomic mass is 16.5. The fraction of sp³-hybridized carbons (Fsp3) is 0.233. The second-order valence-corrected chi connectivity index (χ2v) is 9.28. The normalized spacial score (nSPS) is 14.5. The van der Waals surface area contributed by atoms with Crippen LogP contribution in [0.25, 0.3) is 0 Å². The van der Waals surface area contributed by atoms with Gasteiger partial charge in [-0.25, -0.2) is 4.68 Å². The lowest BCUT2D eigenvalue weighted by molar-refractivity contribution is -0.113. The molecule has 194 valence electrons. The Bertz CT molecular complexity index is 1510. The van der Waals surface area contributed by atoms with E-state index in [2.05, 4.69) is 39.8 Å². The summed E-state index contributed by atoms with van der Waals surface area (Å²) in [7, 11) is 0. The number of hydrogen-bond acceptors (Lipinski definition) is 6. The molecule has 8 nitrogen and oxygen atoms in total. The Hall–Kier alpha value is -4.59. The van der Waals surface area contributed by atoms with Crippen LogP contribution in [0.15, 0.2) is 84.3 Å². The largest absolute Gasteiger partial charge is 0.490 e. The van der Waals surface area contributed by atoms with Gasteiger partial charge in [0.15, 0.2) is 11.5 Å². The minimum absolute atomic E-state index is 0.215. The fourth-order valence-corrected chi connectivity index (χ4v) is 4.64. The zero-order valence-electron chi connectivity index (χ0n) is 22.0. The van der Waals surface area contributed by atoms with Crippen LogP contribution in [0.5, 0.6) is 11.5 Å². The molecule has 1 unspecified atom stereocenters. The van der Waals surface area contributed by atoms with E-state index in [4.69, 9.17) is 9.47 Å². The Balaban J connectivity index is 1.50. The number of allylic oxidation sites excluding steroid dienone is 1. The number of hydrogen-bond donors (Lipinski definition) is 2. The zero-order chi connectivity index (χ0) is 26.6. The van der Waals surface area contributed by atoms with Gasteiger partial charge in [0.1, 0.15) is 19.0 Å². The monoisotopic (exact) mass is 509 g/mol. The standard InChI is InChI=1S/C30H31N5O3/c1-5-37-26-16-23(13-14-25(26)38-17-22-11-8-9-19(2)15-22)28-27(21(4)33-30-31-18-32-35(28)30)29(36)34-24-12-7-6-10-20(24)3/h6-16,18,28H,5,17H2,1-4H3,(H,34,36)(H,31,32,33). The predicted octanol–water partition coefficient (Wildman–Crippen LogP) is 5.80. The average Bonchev–Trinajstić information content (AvgIpc) is 3.36. The Morgan fingerprint density at radius 1 is 1.00 bits per heavy atom. The van der Waals surface area contributed by atoms with E-state index in [9.17, 15) is 4.79 Å². The number of rotatable bonds is 8. The maximum absolute atomic E-state index is 13.7. The Labute approximate surface area is 222 Å². The van der Waals surface area contributed by atoms with Crippen molar-refractivity contribution in [2.45, 2.75) is 40.3 Å². The SMILES string of the molecule is CCOc1cc(C2C(C(=O)Nc3ccccc3C)=C(C)Nc3ncnn32)ccc1OCc1cccc(C)c1. The number of carbonyl (C=O) groups is 1. The molecule has 1 aliphatic rings. The summed E-state index contributed by atoms with van der Waals surface area (Å²) in [6.45, 7) is 8.73. The van der Waals surface area contributed by atoms with Crippen molar-refractivity contribution in [1.29, 1.82) is 0 Å². The van der Waals surface area contributed by atoms with Gasteiger partial charge in [0.05, 0.1) is 12.2 Å². The first-order valence-corrected chi connectivity index (χ1v) is 12.6. The molecule has 2 N–H and O–H groups in total. The van der Waals surface area contributed by atoms with Crippen molar-refractivity contribution in [1.82, 2.24) is 14.8 Å². The minimum atomic E-state index is -0.511. The Morgan fingerprint density at radius 2 is 1.84 bits per heavy atom. The van der Waals surface area contributed by atoms with Gasteiger partial charge in [0.25, 0.3) is 5.91 Å². The number of ether oxygens (including phenoxy) is 2. The molecule has 0 bridgehead atoms. The summed E-state index contributed by atoms with van der Waals surface area (Å²) in [5.41, 5.74) is 6.08. The number of amides is 1. The van der Waals surface area contributed by atoms with E-state index in [0.717, 1.165) is 22.4 Å². The van der Waals surface area contributed by atoms with Crippen LogP contribution < -0.4 is 20.1 Å². The predicted molar refractivity (Wildman–Crippen MR) is 147 cm³/mol. The molecule has 4 aromatic rings. The maximum atomic E-state index is 13.7. The number of aromatic nitrogens is 3. The van der Waals surface area contributed by atoms with E-state index in [1.54, 1.807) is 4.68 Å². The summed E-state index contributed by atoms with van der Waals surface area (Å²) < 4.78 is 13.9. The van der Waals surface area contributed by atoms with Crippen LogP contribution in [0.1, 0.15) is 42.1 Å². The molecule has 1 aromatic heterocycles. The molecule has 1 atom stereocenters. The third-order valence-corrected chi connectivity index (χ3v) is 6.49. The quantitative estimate of drug-likeness (QED) is 0.312. The molecular formula is C30H31N5O3. The number of benzene rings is 3. The van der Waals surface area contributed by atoms with Gasteiger partial charge in [-0.05, 0) is 62.6 Å². The first kappa shape index (κ1) is 25.1. The molecule has 0 spiro atoms. The highest BCUT2D eigenvalue weighted by molar-refractivity contribution is 6.06. The third-order valence-electron chi connectivity index (χ3n) is 6.49. The van der Waals surface area contributed by atoms with Gasteiger partial charge in [-0.2, -0.15) is 10.1 Å². The molecule has 0 saturated carbocycles. The number of nitrogens with zero attached hydrogens (tertiary/aromatic N) is 3. The average molecular weight is 510 g/mol. The zero-order valence-corrected chi connectivity index (χ0v) is 22.0. The lowest BCUT2D eigenvalue weighted by atomic mass is 9.94. The Morgan fingerprint density at radius 3 is 2.63 bits per heavy atom. The van der Waals surface area contributed by atoms with Crippen molar-refractivity contribution in [3.8, 4) is 11.5 Å². The molecule has 0 radical (unpaired) electrons. The molecule has 0 fully saturated rings. The molecule has 38 heavy (non-hydrogen) atoms. The number of aryl methyl sites for hydroxylation is 2. The van der Waals surface area contributed by atoms with Gasteiger partial charge < -0.3 is 20.1 Å². The van der Waals surface area contributed by atoms with E-state index in [1.165, 1.54) is 11.9 Å². The number of carbonyl (C=O) groups excluding carboxylic acids is 1. The van der Waals surface area contributed by atoms with Crippen LogP contribution in [0, 0.1) is 13.8 Å². The van der Waals surface area contributed by atoms with Gasteiger partial charge in [-0.15, -0.1) is 0 Å². The van der Waals surface area contributed by atoms with Gasteiger partial charge in [0, 0.05) is 11.4 Å². The molecule has 1 amide bonds. The first-order valence-electron chi connectivity index (χ1n) is 12.6. The van der Waals surface area contributed by atoms with Crippen molar-refractivity contribution in [2.24, 2.45) is 0 Å². The highest BCUT2D eigenvalue weighted by Gasteiger charge is 2.34. The molecule has 2 heterocycles. The van der Waals surface area contributed by atoms with Crippen molar-refractivity contribution in [3.63, 3.8) is 0 Å². The molecular weight excluding hydrogens is 478 g/mol. The van der Waals surface area contributed by atoms with Crippen LogP contribution in [0.2, 0.25) is 0 Å². The second kappa shape index (κ2) is 10.8. The van der Waals surface area contributed by atoms with Crippen molar-refractivity contribution >= 4 is 17.5 Å². The maximum Gasteiger partial charge on any atom is 0.255 e. The molecule has 0 aliphatic carbocycles. The molecule has 8 heteroatoms. The van der Waals surface area contributed by atoms with E-state index >= 15 is 0 Å². The smallest absolute Gasteiger partial charge is 0.255 e. The van der Waals surface area contributed by atoms with Crippen molar-refractivity contribution < 1.29 is 14.3 Å².